The molecule has 0 bridgehead atoms. The molecule has 90 valence electrons. The molecule has 3 aliphatic rings. The van der Waals surface area contributed by atoms with Crippen molar-refractivity contribution in [3.63, 3.8) is 0 Å². The Hall–Kier alpha value is -1.39. The van der Waals surface area contributed by atoms with E-state index >= 15 is 0 Å². The molecule has 4 nitrogen and oxygen atoms in total. The molecule has 0 amide bonds. The van der Waals surface area contributed by atoms with E-state index in [1.165, 1.54) is 0 Å². The summed E-state index contributed by atoms with van der Waals surface area (Å²) in [5, 5.41) is 3.33. The van der Waals surface area contributed by atoms with Crippen molar-refractivity contribution >= 4 is 18.4 Å². The minimum absolute atomic E-state index is 0. The average molecular weight is 251 g/mol. The van der Waals surface area contributed by atoms with Crippen LogP contribution in [0.5, 0.6) is 0 Å². The molecule has 0 atom stereocenters. The molecule has 0 radical (unpaired) electrons. The Balaban J connectivity index is 0.00000108. The van der Waals surface area contributed by atoms with Crippen LogP contribution in [0.4, 0.5) is 5.95 Å². The molecule has 17 heavy (non-hydrogen) atoms. The van der Waals surface area contributed by atoms with Crippen molar-refractivity contribution in [1.82, 2.24) is 15.3 Å². The number of rotatable bonds is 1. The van der Waals surface area contributed by atoms with Crippen molar-refractivity contribution in [2.75, 3.05) is 31.1 Å². The summed E-state index contributed by atoms with van der Waals surface area (Å²) in [6.45, 7) is 4.00. The van der Waals surface area contributed by atoms with Gasteiger partial charge in [-0.25, -0.2) is 9.97 Å². The van der Waals surface area contributed by atoms with E-state index < -0.39 is 0 Å². The van der Waals surface area contributed by atoms with E-state index in [2.05, 4.69) is 20.2 Å². The SMILES string of the molecule is Cl.c1ccc2nc(N3CCNCC3)nc-2cc1. The predicted molar refractivity (Wildman–Crippen MR) is 71.0 cm³/mol. The maximum Gasteiger partial charge on any atom is 0.226 e. The van der Waals surface area contributed by atoms with Gasteiger partial charge in [-0.1, -0.05) is 18.2 Å². The molecule has 2 aliphatic heterocycles. The number of nitrogens with one attached hydrogen (secondary N) is 1. The second-order valence-corrected chi connectivity index (χ2v) is 3.94. The number of hydrogen-bond donors (Lipinski definition) is 1. The van der Waals surface area contributed by atoms with Crippen molar-refractivity contribution in [2.45, 2.75) is 0 Å². The summed E-state index contributed by atoms with van der Waals surface area (Å²) in [6, 6.07) is 10.0. The van der Waals surface area contributed by atoms with Gasteiger partial charge in [-0.05, 0) is 12.1 Å². The number of piperazine rings is 1. The first kappa shape index (κ1) is 12.1. The minimum Gasteiger partial charge on any atom is -0.338 e. The third-order valence-corrected chi connectivity index (χ3v) is 2.83. The highest BCUT2D eigenvalue weighted by atomic mass is 35.5. The van der Waals surface area contributed by atoms with Gasteiger partial charge in [-0.15, -0.1) is 12.4 Å². The molecule has 0 aromatic heterocycles. The lowest BCUT2D eigenvalue weighted by Gasteiger charge is -2.26. The number of hydrogen-bond acceptors (Lipinski definition) is 4. The van der Waals surface area contributed by atoms with Crippen LogP contribution in [0.3, 0.4) is 0 Å². The fraction of sp³-hybridized carbons (Fsp3) is 0.333. The first-order valence-electron chi connectivity index (χ1n) is 5.62. The van der Waals surface area contributed by atoms with Crippen molar-refractivity contribution in [2.24, 2.45) is 0 Å². The first-order chi connectivity index (χ1) is 7.93. The zero-order chi connectivity index (χ0) is 10.8. The second-order valence-electron chi connectivity index (χ2n) is 3.94. The van der Waals surface area contributed by atoms with Gasteiger partial charge in [0.15, 0.2) is 0 Å². The summed E-state index contributed by atoms with van der Waals surface area (Å²) >= 11 is 0. The van der Waals surface area contributed by atoms with Gasteiger partial charge < -0.3 is 10.2 Å². The van der Waals surface area contributed by atoms with Crippen LogP contribution in [-0.2, 0) is 0 Å². The second kappa shape index (κ2) is 5.29. The molecule has 1 N–H and O–H groups in total. The molecule has 0 spiro atoms. The Bertz CT molecular complexity index is 426. The van der Waals surface area contributed by atoms with Crippen molar-refractivity contribution < 1.29 is 0 Å². The Kier molecular flexibility index (Phi) is 3.76. The molecular formula is C12H15ClN4. The molecule has 0 aromatic rings. The van der Waals surface area contributed by atoms with E-state index in [4.69, 9.17) is 0 Å². The third kappa shape index (κ3) is 2.48. The van der Waals surface area contributed by atoms with Gasteiger partial charge in [0.25, 0.3) is 0 Å². The summed E-state index contributed by atoms with van der Waals surface area (Å²) in [5.41, 5.74) is 1.94. The molecular weight excluding hydrogens is 236 g/mol. The smallest absolute Gasteiger partial charge is 0.226 e. The largest absolute Gasteiger partial charge is 0.338 e. The third-order valence-electron chi connectivity index (χ3n) is 2.83. The van der Waals surface area contributed by atoms with E-state index in [0.717, 1.165) is 43.5 Å². The highest BCUT2D eigenvalue weighted by molar-refractivity contribution is 5.85. The molecule has 5 heteroatoms. The molecule has 2 heterocycles. The normalized spacial score (nSPS) is 15.6. The molecule has 1 fully saturated rings. The summed E-state index contributed by atoms with van der Waals surface area (Å²) in [7, 11) is 0. The lowest BCUT2D eigenvalue weighted by molar-refractivity contribution is 0.582. The van der Waals surface area contributed by atoms with Gasteiger partial charge in [0.1, 0.15) is 0 Å². The monoisotopic (exact) mass is 250 g/mol. The minimum atomic E-state index is 0. The van der Waals surface area contributed by atoms with Gasteiger partial charge in [-0.3, -0.25) is 0 Å². The van der Waals surface area contributed by atoms with Gasteiger partial charge in [0.2, 0.25) is 5.95 Å². The van der Waals surface area contributed by atoms with Crippen LogP contribution in [-0.4, -0.2) is 36.1 Å². The summed E-state index contributed by atoms with van der Waals surface area (Å²) in [5.74, 6) is 0.864. The van der Waals surface area contributed by atoms with Crippen LogP contribution in [0.2, 0.25) is 0 Å². The molecule has 3 rings (SSSR count). The Morgan fingerprint density at radius 3 is 2.12 bits per heavy atom. The highest BCUT2D eigenvalue weighted by Gasteiger charge is 2.16. The van der Waals surface area contributed by atoms with Gasteiger partial charge in [-0.2, -0.15) is 0 Å². The molecule has 0 saturated carbocycles. The Morgan fingerprint density at radius 1 is 0.941 bits per heavy atom. The maximum absolute atomic E-state index is 4.56. The number of fused-ring (bicyclic) bond motifs is 1. The zero-order valence-corrected chi connectivity index (χ0v) is 10.3. The average Bonchev–Trinajstić information content (AvgIpc) is 2.62. The number of nitrogens with zero attached hydrogens (tertiary/aromatic N) is 3. The Labute approximate surface area is 107 Å². The number of aromatic nitrogens is 2. The first-order valence-corrected chi connectivity index (χ1v) is 5.62. The highest BCUT2D eigenvalue weighted by Crippen LogP contribution is 2.21. The lowest BCUT2D eigenvalue weighted by atomic mass is 10.3. The number of halogens is 1. The zero-order valence-electron chi connectivity index (χ0n) is 9.47. The van der Waals surface area contributed by atoms with Crippen LogP contribution in [0.25, 0.3) is 11.4 Å². The fourth-order valence-corrected chi connectivity index (χ4v) is 1.96. The quantitative estimate of drug-likeness (QED) is 0.831. The van der Waals surface area contributed by atoms with Crippen molar-refractivity contribution in [3.05, 3.63) is 30.3 Å². The van der Waals surface area contributed by atoms with Gasteiger partial charge >= 0.3 is 0 Å². The molecule has 0 aromatic carbocycles. The maximum atomic E-state index is 4.56. The van der Waals surface area contributed by atoms with Gasteiger partial charge in [0, 0.05) is 26.2 Å². The van der Waals surface area contributed by atoms with Crippen LogP contribution in [0.1, 0.15) is 0 Å². The summed E-state index contributed by atoms with van der Waals surface area (Å²) < 4.78 is 0. The van der Waals surface area contributed by atoms with E-state index in [1.54, 1.807) is 0 Å². The summed E-state index contributed by atoms with van der Waals surface area (Å²) in [6.07, 6.45) is 0. The summed E-state index contributed by atoms with van der Waals surface area (Å²) in [4.78, 5) is 11.4. The molecule has 0 unspecified atom stereocenters. The standard InChI is InChI=1S/C12H14N4.ClH/c1-2-4-10-11(5-3-1)15-12(14-10)16-8-6-13-7-9-16;/h1-5,13H,6-9H2;1H. The number of imidazole rings is 1. The lowest BCUT2D eigenvalue weighted by Crippen LogP contribution is -2.44. The van der Waals surface area contributed by atoms with E-state index in [-0.39, 0.29) is 12.4 Å². The fourth-order valence-electron chi connectivity index (χ4n) is 1.96. The van der Waals surface area contributed by atoms with Crippen molar-refractivity contribution in [3.8, 4) is 11.4 Å². The Morgan fingerprint density at radius 2 is 1.53 bits per heavy atom. The van der Waals surface area contributed by atoms with Crippen molar-refractivity contribution in [1.29, 1.82) is 0 Å². The topological polar surface area (TPSA) is 41.1 Å². The van der Waals surface area contributed by atoms with Crippen LogP contribution in [0, 0.1) is 0 Å². The molecule has 1 aliphatic carbocycles. The van der Waals surface area contributed by atoms with Crippen LogP contribution in [0.15, 0.2) is 30.3 Å². The van der Waals surface area contributed by atoms with E-state index in [9.17, 15) is 0 Å². The number of anilines is 1. The van der Waals surface area contributed by atoms with Gasteiger partial charge in [0.05, 0.1) is 11.4 Å². The van der Waals surface area contributed by atoms with Crippen LogP contribution >= 0.6 is 12.4 Å². The predicted octanol–water partition coefficient (Wildman–Crippen LogP) is 1.41. The van der Waals surface area contributed by atoms with E-state index in [0.29, 0.717) is 0 Å². The van der Waals surface area contributed by atoms with E-state index in [1.807, 2.05) is 30.3 Å². The molecule has 1 saturated heterocycles. The van der Waals surface area contributed by atoms with Crippen LogP contribution < -0.4 is 10.2 Å².